The lowest BCUT2D eigenvalue weighted by Gasteiger charge is -2.41. The number of hydrogen-bond acceptors (Lipinski definition) is 7. The van der Waals surface area contributed by atoms with Gasteiger partial charge in [0.05, 0.1) is 5.56 Å². The van der Waals surface area contributed by atoms with Crippen LogP contribution >= 0.6 is 34.0 Å². The van der Waals surface area contributed by atoms with Crippen LogP contribution in [0.3, 0.4) is 0 Å². The summed E-state index contributed by atoms with van der Waals surface area (Å²) in [4.78, 5) is 45.2. The van der Waals surface area contributed by atoms with Gasteiger partial charge in [0, 0.05) is 68.9 Å². The van der Waals surface area contributed by atoms with Crippen LogP contribution in [-0.4, -0.2) is 28.6 Å². The van der Waals surface area contributed by atoms with Crippen LogP contribution in [0.15, 0.2) is 36.4 Å². The number of fused-ring (bicyclic) bond motifs is 13. The third kappa shape index (κ3) is 4.44. The molecule has 0 aliphatic heterocycles. The first kappa shape index (κ1) is 34.0. The lowest BCUT2D eigenvalue weighted by Crippen LogP contribution is -2.34. The molecular weight excluding hydrogens is 765 g/mol. The fraction of sp³-hybridized carbons (Fsp3) is 0.295. The number of rotatable bonds is 2. The molecule has 11 heteroatoms. The molecule has 276 valence electrons. The van der Waals surface area contributed by atoms with Crippen molar-refractivity contribution in [1.82, 2.24) is 0 Å². The Morgan fingerprint density at radius 3 is 1.65 bits per heavy atom. The van der Waals surface area contributed by atoms with E-state index in [1.807, 2.05) is 0 Å². The first-order chi connectivity index (χ1) is 26.5. The van der Waals surface area contributed by atoms with E-state index in [0.29, 0.717) is 12.1 Å². The lowest BCUT2D eigenvalue weighted by atomic mass is 9.61. The summed E-state index contributed by atoms with van der Waals surface area (Å²) in [5.74, 6) is -6.12. The molecule has 1 unspecified atom stereocenters. The third-order valence-corrected chi connectivity index (χ3v) is 16.7. The number of hydrogen-bond donors (Lipinski definition) is 1. The maximum atomic E-state index is 15.1. The van der Waals surface area contributed by atoms with Gasteiger partial charge in [-0.1, -0.05) is 38.5 Å². The van der Waals surface area contributed by atoms with Gasteiger partial charge < -0.3 is 5.11 Å². The second-order valence-corrected chi connectivity index (χ2v) is 19.0. The average Bonchev–Trinajstić information content (AvgIpc) is 4.01. The molecule has 0 amide bonds. The quantitative estimate of drug-likeness (QED) is 0.110. The van der Waals surface area contributed by atoms with Crippen molar-refractivity contribution in [2.45, 2.75) is 81.1 Å². The largest absolute Gasteiger partial charge is 0.380 e. The Morgan fingerprint density at radius 1 is 0.582 bits per heavy atom. The number of carbonyl (C=O) groups excluding carboxylic acids is 3. The number of carbonyl (C=O) groups is 3. The number of aliphatic hydroxyl groups excluding tert-OH is 1. The number of Topliss-reactive ketones (excluding diaryl/α,β-unsaturated/α-hetero) is 3. The van der Waals surface area contributed by atoms with Crippen molar-refractivity contribution < 1.29 is 37.1 Å². The van der Waals surface area contributed by atoms with Crippen molar-refractivity contribution in [3.8, 4) is 19.5 Å². The molecule has 2 fully saturated rings. The molecule has 55 heavy (non-hydrogen) atoms. The normalized spacial score (nSPS) is 22.6. The van der Waals surface area contributed by atoms with Gasteiger partial charge in [-0.15, -0.1) is 34.0 Å². The monoisotopic (exact) mass is 794 g/mol. The summed E-state index contributed by atoms with van der Waals surface area (Å²) >= 11 is 4.92. The molecule has 11 rings (SSSR count). The van der Waals surface area contributed by atoms with Crippen molar-refractivity contribution in [2.24, 2.45) is 0 Å². The van der Waals surface area contributed by atoms with Gasteiger partial charge >= 0.3 is 0 Å². The minimum atomic E-state index is -1.58. The molecular formula is C44H30F4O4S3. The molecule has 1 N–H and O–H groups in total. The predicted molar refractivity (Wildman–Crippen MR) is 207 cm³/mol. The number of benzene rings is 2. The van der Waals surface area contributed by atoms with Gasteiger partial charge in [-0.25, -0.2) is 17.6 Å². The maximum Gasteiger partial charge on any atom is 0.234 e. The van der Waals surface area contributed by atoms with Gasteiger partial charge in [0.25, 0.3) is 0 Å². The summed E-state index contributed by atoms with van der Waals surface area (Å²) < 4.78 is 58.2. The smallest absolute Gasteiger partial charge is 0.234 e. The van der Waals surface area contributed by atoms with Crippen molar-refractivity contribution in [3.63, 3.8) is 0 Å². The summed E-state index contributed by atoms with van der Waals surface area (Å²) in [6.07, 6.45) is 12.3. The molecule has 2 saturated carbocycles. The molecule has 2 aromatic carbocycles. The number of aliphatic hydroxyl groups is 1. The van der Waals surface area contributed by atoms with E-state index in [1.165, 1.54) is 32.0 Å². The van der Waals surface area contributed by atoms with Gasteiger partial charge in [-0.3, -0.25) is 14.4 Å². The fourth-order valence-corrected chi connectivity index (χ4v) is 15.0. The Kier molecular flexibility index (Phi) is 7.19. The zero-order valence-corrected chi connectivity index (χ0v) is 31.6. The summed E-state index contributed by atoms with van der Waals surface area (Å²) in [5.41, 5.74) is 4.48. The molecule has 3 aromatic heterocycles. The number of thiophene rings is 3. The lowest BCUT2D eigenvalue weighted by molar-refractivity contribution is -0.109. The zero-order valence-electron chi connectivity index (χ0n) is 29.2. The van der Waals surface area contributed by atoms with Crippen LogP contribution in [0.25, 0.3) is 42.8 Å². The maximum absolute atomic E-state index is 15.1. The highest BCUT2D eigenvalue weighted by molar-refractivity contribution is 7.27. The van der Waals surface area contributed by atoms with E-state index in [-0.39, 0.29) is 44.2 Å². The summed E-state index contributed by atoms with van der Waals surface area (Å²) in [7, 11) is 0. The number of ketones is 3. The Hall–Kier alpha value is -4.29. The van der Waals surface area contributed by atoms with Crippen molar-refractivity contribution in [3.05, 3.63) is 114 Å². The Labute approximate surface area is 324 Å². The Bertz CT molecular complexity index is 2700. The predicted octanol–water partition coefficient (Wildman–Crippen LogP) is 11.3. The molecule has 5 aromatic rings. The van der Waals surface area contributed by atoms with Crippen LogP contribution in [0, 0.1) is 23.3 Å². The first-order valence-corrected chi connectivity index (χ1v) is 21.2. The van der Waals surface area contributed by atoms with E-state index in [1.54, 1.807) is 46.2 Å². The van der Waals surface area contributed by atoms with E-state index >= 15 is 4.39 Å². The van der Waals surface area contributed by atoms with E-state index in [9.17, 15) is 32.7 Å². The number of halogens is 4. The average molecular weight is 795 g/mol. The molecule has 4 nitrogen and oxygen atoms in total. The molecule has 2 spiro atoms. The highest BCUT2D eigenvalue weighted by Crippen LogP contribution is 2.70. The zero-order chi connectivity index (χ0) is 37.7. The molecule has 6 aliphatic rings. The summed E-state index contributed by atoms with van der Waals surface area (Å²) in [6.45, 7) is 0. The van der Waals surface area contributed by atoms with E-state index in [0.717, 1.165) is 95.8 Å². The van der Waals surface area contributed by atoms with Crippen molar-refractivity contribution >= 4 is 74.7 Å². The van der Waals surface area contributed by atoms with Crippen LogP contribution in [0.2, 0.25) is 0 Å². The minimum Gasteiger partial charge on any atom is -0.380 e. The Balaban J connectivity index is 1.08. The summed E-state index contributed by atoms with van der Waals surface area (Å²) in [6, 6.07) is 7.73. The van der Waals surface area contributed by atoms with Crippen molar-refractivity contribution in [2.75, 3.05) is 0 Å². The van der Waals surface area contributed by atoms with Crippen LogP contribution in [0.4, 0.5) is 17.6 Å². The van der Waals surface area contributed by atoms with E-state index < -0.39 is 46.7 Å². The molecule has 0 bridgehead atoms. The Morgan fingerprint density at radius 2 is 1.09 bits per heavy atom. The van der Waals surface area contributed by atoms with Crippen LogP contribution < -0.4 is 0 Å². The number of allylic oxidation sites excluding steroid dienone is 1. The van der Waals surface area contributed by atoms with E-state index in [4.69, 9.17) is 0 Å². The second-order valence-electron chi connectivity index (χ2n) is 15.8. The van der Waals surface area contributed by atoms with Gasteiger partial charge in [0.15, 0.2) is 5.78 Å². The first-order valence-electron chi connectivity index (χ1n) is 18.7. The second kappa shape index (κ2) is 11.6. The fourth-order valence-electron chi connectivity index (χ4n) is 10.7. The molecule has 6 aliphatic carbocycles. The SMILES string of the molecule is O=C1C(=O)c2cc(F)cc(F)c2/C1=C/c1cc2c(s1)-c1sc3c(c1C21CCCCC1)C1(CCCCC1)c1cc(/C=C2/c4cc(F)cc(F)c4C(=O)C2O)sc1-3. The summed E-state index contributed by atoms with van der Waals surface area (Å²) in [5, 5.41) is 10.9. The third-order valence-electron chi connectivity index (χ3n) is 13.0. The van der Waals surface area contributed by atoms with Crippen LogP contribution in [0.5, 0.6) is 0 Å². The molecule has 0 radical (unpaired) electrons. The highest BCUT2D eigenvalue weighted by atomic mass is 32.1. The molecule has 0 saturated heterocycles. The standard InChI is InChI=1S/C44H30F4O4S3/c45-19-11-23-24(35(49)38(52)32(23)30(48)14-19)15-21-17-27-39(53-21)41-33(43(27)7-3-1-4-8-43)34-42(55-41)40-28(44(34)9-5-2-6-10-44)18-22(54-40)16-26-31-25(36(50)37(26)51)12-20(46)13-29(31)47/h11-18,35,49H,1-10H2/b24-15-,26-16-. The van der Waals surface area contributed by atoms with Gasteiger partial charge in [-0.05, 0) is 95.5 Å². The van der Waals surface area contributed by atoms with Crippen LogP contribution in [0.1, 0.15) is 128 Å². The van der Waals surface area contributed by atoms with E-state index in [2.05, 4.69) is 12.1 Å². The topological polar surface area (TPSA) is 71.4 Å². The van der Waals surface area contributed by atoms with Crippen LogP contribution in [-0.2, 0) is 15.6 Å². The van der Waals surface area contributed by atoms with Gasteiger partial charge in [0.1, 0.15) is 29.4 Å². The van der Waals surface area contributed by atoms with Gasteiger partial charge in [0.2, 0.25) is 11.6 Å². The highest BCUT2D eigenvalue weighted by Gasteiger charge is 2.56. The molecule has 1 atom stereocenters. The minimum absolute atomic E-state index is 0.0442. The van der Waals surface area contributed by atoms with Gasteiger partial charge in [-0.2, -0.15) is 0 Å². The molecule has 3 heterocycles. The van der Waals surface area contributed by atoms with Crippen molar-refractivity contribution in [1.29, 1.82) is 0 Å².